The van der Waals surface area contributed by atoms with Crippen LogP contribution in [0.25, 0.3) is 0 Å². The Morgan fingerprint density at radius 2 is 2.00 bits per heavy atom. The Kier molecular flexibility index (Phi) is 6.13. The first kappa shape index (κ1) is 19.0. The molecule has 0 aliphatic heterocycles. The Morgan fingerprint density at radius 3 is 2.74 bits per heavy atom. The molecular formula is C20H23N5OS. The maximum absolute atomic E-state index is 12.5. The van der Waals surface area contributed by atoms with Crippen LogP contribution in [0, 0.1) is 11.7 Å². The molecule has 0 unspecified atom stereocenters. The summed E-state index contributed by atoms with van der Waals surface area (Å²) < 4.78 is 4.13. The summed E-state index contributed by atoms with van der Waals surface area (Å²) in [5, 5.41) is 6.95. The fourth-order valence-corrected chi connectivity index (χ4v) is 3.03. The lowest BCUT2D eigenvalue weighted by Gasteiger charge is -2.08. The lowest BCUT2D eigenvalue weighted by Crippen LogP contribution is -2.23. The van der Waals surface area contributed by atoms with E-state index in [1.165, 1.54) is 5.56 Å². The van der Waals surface area contributed by atoms with Gasteiger partial charge in [-0.3, -0.25) is 14.5 Å². The predicted octanol–water partition coefficient (Wildman–Crippen LogP) is 3.18. The van der Waals surface area contributed by atoms with E-state index in [0.29, 0.717) is 16.8 Å². The first-order valence-corrected chi connectivity index (χ1v) is 9.40. The maximum Gasteiger partial charge on any atom is 0.267 e. The minimum atomic E-state index is -0.256. The van der Waals surface area contributed by atoms with Crippen LogP contribution >= 0.6 is 12.2 Å². The van der Waals surface area contributed by atoms with Crippen molar-refractivity contribution in [1.29, 1.82) is 0 Å². The van der Waals surface area contributed by atoms with Crippen LogP contribution in [0.4, 0.5) is 0 Å². The molecule has 0 bridgehead atoms. The number of nitrogens with one attached hydrogen (secondary N) is 1. The van der Waals surface area contributed by atoms with Crippen molar-refractivity contribution in [3.63, 3.8) is 0 Å². The van der Waals surface area contributed by atoms with Crippen LogP contribution in [0.2, 0.25) is 0 Å². The Balaban J connectivity index is 1.85. The molecule has 140 valence electrons. The standard InChI is InChI=1S/C20H23N5OS/c1-3-6-18-22-23-20(27)25(18)14-19(26)21-17-7-4-5-12-24(17)13-16-10-8-15(2)9-11-16/h4-5,7-12H,3,6,13-14H2,1-2H3,(H,23,27). The smallest absolute Gasteiger partial charge is 0.267 e. The number of aromatic amines is 1. The number of benzene rings is 1. The summed E-state index contributed by atoms with van der Waals surface area (Å²) in [4.78, 5) is 16.9. The van der Waals surface area contributed by atoms with Crippen molar-refractivity contribution >= 4 is 18.1 Å². The SMILES string of the molecule is CCCc1n[nH]c(=S)n1CC(=O)N=c1ccccn1Cc1ccc(C)cc1. The second-order valence-corrected chi connectivity index (χ2v) is 6.85. The molecule has 1 amide bonds. The number of aromatic nitrogens is 4. The van der Waals surface area contributed by atoms with Crippen molar-refractivity contribution in [2.45, 2.75) is 39.8 Å². The van der Waals surface area contributed by atoms with E-state index in [9.17, 15) is 4.79 Å². The molecule has 0 fully saturated rings. The number of nitrogens with zero attached hydrogens (tertiary/aromatic N) is 4. The Hall–Kier alpha value is -2.80. The molecule has 2 heterocycles. The van der Waals surface area contributed by atoms with E-state index in [1.807, 2.05) is 29.0 Å². The van der Waals surface area contributed by atoms with Gasteiger partial charge in [0, 0.05) is 19.2 Å². The number of amides is 1. The van der Waals surface area contributed by atoms with Crippen LogP contribution in [0.5, 0.6) is 0 Å². The zero-order valence-electron chi connectivity index (χ0n) is 15.6. The average molecular weight is 382 g/mol. The largest absolute Gasteiger partial charge is 0.328 e. The second-order valence-electron chi connectivity index (χ2n) is 6.46. The summed E-state index contributed by atoms with van der Waals surface area (Å²) in [6.45, 7) is 4.86. The number of carbonyl (C=O) groups is 1. The third-order valence-corrected chi connectivity index (χ3v) is 4.55. The topological polar surface area (TPSA) is 68.0 Å². The van der Waals surface area contributed by atoms with Crippen LogP contribution in [0.1, 0.15) is 30.3 Å². The van der Waals surface area contributed by atoms with Gasteiger partial charge in [0.1, 0.15) is 17.9 Å². The van der Waals surface area contributed by atoms with E-state index in [-0.39, 0.29) is 12.5 Å². The fraction of sp³-hybridized carbons (Fsp3) is 0.300. The van der Waals surface area contributed by atoms with Gasteiger partial charge in [-0.05, 0) is 43.3 Å². The Morgan fingerprint density at radius 1 is 1.22 bits per heavy atom. The second kappa shape index (κ2) is 8.73. The molecule has 2 aromatic heterocycles. The molecule has 0 saturated heterocycles. The third-order valence-electron chi connectivity index (χ3n) is 4.23. The van der Waals surface area contributed by atoms with Crippen LogP contribution in [-0.4, -0.2) is 25.2 Å². The molecule has 3 rings (SSSR count). The quantitative estimate of drug-likeness (QED) is 0.667. The van der Waals surface area contributed by atoms with Crippen molar-refractivity contribution < 1.29 is 4.79 Å². The highest BCUT2D eigenvalue weighted by Crippen LogP contribution is 2.05. The Bertz CT molecular complexity index is 1040. The van der Waals surface area contributed by atoms with E-state index in [0.717, 1.165) is 24.2 Å². The molecule has 7 heteroatoms. The van der Waals surface area contributed by atoms with Gasteiger partial charge in [-0.15, -0.1) is 0 Å². The summed E-state index contributed by atoms with van der Waals surface area (Å²) in [7, 11) is 0. The Labute approximate surface area is 163 Å². The van der Waals surface area contributed by atoms with Gasteiger partial charge < -0.3 is 4.57 Å². The average Bonchev–Trinajstić information content (AvgIpc) is 2.99. The van der Waals surface area contributed by atoms with Crippen molar-refractivity contribution in [2.24, 2.45) is 4.99 Å². The van der Waals surface area contributed by atoms with E-state index in [1.54, 1.807) is 4.57 Å². The van der Waals surface area contributed by atoms with E-state index < -0.39 is 0 Å². The minimum absolute atomic E-state index is 0.0874. The molecule has 0 radical (unpaired) electrons. The van der Waals surface area contributed by atoms with Crippen LogP contribution in [-0.2, 0) is 24.3 Å². The maximum atomic E-state index is 12.5. The van der Waals surface area contributed by atoms with Gasteiger partial charge in [0.25, 0.3) is 5.91 Å². The van der Waals surface area contributed by atoms with Gasteiger partial charge in [-0.25, -0.2) is 0 Å². The molecule has 0 aliphatic rings. The number of pyridine rings is 1. The number of hydrogen-bond acceptors (Lipinski definition) is 3. The van der Waals surface area contributed by atoms with Gasteiger partial charge in [0.2, 0.25) is 0 Å². The zero-order chi connectivity index (χ0) is 19.2. The van der Waals surface area contributed by atoms with Gasteiger partial charge in [-0.2, -0.15) is 10.1 Å². The zero-order valence-corrected chi connectivity index (χ0v) is 16.4. The number of carbonyl (C=O) groups excluding carboxylic acids is 1. The highest BCUT2D eigenvalue weighted by atomic mass is 32.1. The van der Waals surface area contributed by atoms with Gasteiger partial charge in [-0.1, -0.05) is 42.8 Å². The van der Waals surface area contributed by atoms with Crippen LogP contribution < -0.4 is 5.49 Å². The first-order chi connectivity index (χ1) is 13.1. The molecule has 0 aliphatic carbocycles. The molecule has 3 aromatic rings. The molecule has 27 heavy (non-hydrogen) atoms. The molecule has 0 atom stereocenters. The number of rotatable bonds is 6. The van der Waals surface area contributed by atoms with E-state index in [2.05, 4.69) is 53.3 Å². The summed E-state index contributed by atoms with van der Waals surface area (Å²) in [5.74, 6) is 0.528. The van der Waals surface area contributed by atoms with E-state index >= 15 is 0 Å². The lowest BCUT2D eigenvalue weighted by atomic mass is 10.1. The first-order valence-electron chi connectivity index (χ1n) is 8.99. The fourth-order valence-electron chi connectivity index (χ4n) is 2.82. The predicted molar refractivity (Wildman–Crippen MR) is 107 cm³/mol. The highest BCUT2D eigenvalue weighted by Gasteiger charge is 2.09. The molecule has 6 nitrogen and oxygen atoms in total. The van der Waals surface area contributed by atoms with E-state index in [4.69, 9.17) is 12.2 Å². The van der Waals surface area contributed by atoms with Crippen molar-refractivity contribution in [3.05, 3.63) is 75.9 Å². The summed E-state index contributed by atoms with van der Waals surface area (Å²) in [6.07, 6.45) is 3.62. The van der Waals surface area contributed by atoms with Gasteiger partial charge in [0.05, 0.1) is 0 Å². The molecule has 1 aromatic carbocycles. The summed E-state index contributed by atoms with van der Waals surface area (Å²) >= 11 is 5.24. The number of H-pyrrole nitrogens is 1. The molecule has 1 N–H and O–H groups in total. The number of hydrogen-bond donors (Lipinski definition) is 1. The van der Waals surface area contributed by atoms with Gasteiger partial charge in [0.15, 0.2) is 4.77 Å². The summed E-state index contributed by atoms with van der Waals surface area (Å²) in [5.41, 5.74) is 3.00. The minimum Gasteiger partial charge on any atom is -0.328 e. The highest BCUT2D eigenvalue weighted by molar-refractivity contribution is 7.71. The molecule has 0 spiro atoms. The van der Waals surface area contributed by atoms with Crippen LogP contribution in [0.15, 0.2) is 53.7 Å². The lowest BCUT2D eigenvalue weighted by molar-refractivity contribution is -0.118. The monoisotopic (exact) mass is 381 g/mol. The van der Waals surface area contributed by atoms with Crippen molar-refractivity contribution in [2.75, 3.05) is 0 Å². The number of aryl methyl sites for hydroxylation is 2. The van der Waals surface area contributed by atoms with Crippen molar-refractivity contribution in [3.8, 4) is 0 Å². The van der Waals surface area contributed by atoms with Crippen molar-refractivity contribution in [1.82, 2.24) is 19.3 Å². The molecule has 0 saturated carbocycles. The summed E-state index contributed by atoms with van der Waals surface area (Å²) in [6, 6.07) is 14.0. The third kappa shape index (κ3) is 4.89. The van der Waals surface area contributed by atoms with Gasteiger partial charge >= 0.3 is 0 Å². The van der Waals surface area contributed by atoms with Crippen LogP contribution in [0.3, 0.4) is 0 Å². The normalized spacial score (nSPS) is 11.7. The molecular weight excluding hydrogens is 358 g/mol.